The summed E-state index contributed by atoms with van der Waals surface area (Å²) in [6, 6.07) is 8.45. The Morgan fingerprint density at radius 3 is 2.83 bits per heavy atom. The Kier molecular flexibility index (Phi) is 2.35. The van der Waals surface area contributed by atoms with Crippen molar-refractivity contribution in [3.63, 3.8) is 0 Å². The molecular weight excluding hydrogens is 263 g/mol. The van der Waals surface area contributed by atoms with E-state index in [2.05, 4.69) is 30.3 Å². The molecule has 0 saturated heterocycles. The molecule has 0 atom stereocenters. The molecule has 0 spiro atoms. The zero-order valence-electron chi connectivity index (χ0n) is 6.59. The van der Waals surface area contributed by atoms with Gasteiger partial charge < -0.3 is 3.07 Å². The standard InChI is InChI=1S/C10H9IO/c11-12-10-6-5-8-3-1-2-4-9(8)7-10/h1-4,7H,5-6H2. The van der Waals surface area contributed by atoms with Crippen molar-refractivity contribution in [2.75, 3.05) is 0 Å². The van der Waals surface area contributed by atoms with Crippen molar-refractivity contribution in [3.8, 4) is 0 Å². The average Bonchev–Trinajstić information content (AvgIpc) is 2.17. The van der Waals surface area contributed by atoms with Crippen LogP contribution >= 0.6 is 23.0 Å². The summed E-state index contributed by atoms with van der Waals surface area (Å²) in [5, 5.41) is 0. The Morgan fingerprint density at radius 1 is 1.17 bits per heavy atom. The van der Waals surface area contributed by atoms with Crippen LogP contribution in [0.25, 0.3) is 6.08 Å². The number of halogens is 1. The molecule has 62 valence electrons. The van der Waals surface area contributed by atoms with Crippen LogP contribution in [-0.4, -0.2) is 0 Å². The predicted octanol–water partition coefficient (Wildman–Crippen LogP) is 3.34. The van der Waals surface area contributed by atoms with Crippen LogP contribution in [0.2, 0.25) is 0 Å². The first-order chi connectivity index (χ1) is 5.90. The number of aryl methyl sites for hydroxylation is 1. The predicted molar refractivity (Wildman–Crippen MR) is 57.8 cm³/mol. The lowest BCUT2D eigenvalue weighted by Crippen LogP contribution is -1.98. The Labute approximate surface area is 86.1 Å². The Morgan fingerprint density at radius 2 is 2.00 bits per heavy atom. The molecule has 0 fully saturated rings. The lowest BCUT2D eigenvalue weighted by molar-refractivity contribution is 0.527. The minimum absolute atomic E-state index is 1.03. The zero-order valence-corrected chi connectivity index (χ0v) is 8.74. The van der Waals surface area contributed by atoms with Gasteiger partial charge in [-0.1, -0.05) is 24.3 Å². The molecular formula is C10H9IO. The maximum absolute atomic E-state index is 5.18. The first-order valence-electron chi connectivity index (χ1n) is 3.97. The Bertz CT molecular complexity index is 317. The molecule has 2 heteroatoms. The van der Waals surface area contributed by atoms with E-state index in [1.807, 2.05) is 23.0 Å². The Hall–Kier alpha value is -0.510. The Balaban J connectivity index is 2.41. The van der Waals surface area contributed by atoms with Crippen LogP contribution in [0, 0.1) is 0 Å². The highest BCUT2D eigenvalue weighted by atomic mass is 127. The summed E-state index contributed by atoms with van der Waals surface area (Å²) < 4.78 is 5.18. The summed E-state index contributed by atoms with van der Waals surface area (Å²) in [7, 11) is 0. The summed E-state index contributed by atoms with van der Waals surface area (Å²) >= 11 is 1.94. The topological polar surface area (TPSA) is 9.23 Å². The fourth-order valence-electron chi connectivity index (χ4n) is 1.47. The van der Waals surface area contributed by atoms with Gasteiger partial charge in [0.15, 0.2) is 23.0 Å². The van der Waals surface area contributed by atoms with Crippen molar-refractivity contribution < 1.29 is 3.07 Å². The van der Waals surface area contributed by atoms with Gasteiger partial charge in [0, 0.05) is 6.42 Å². The molecule has 0 amide bonds. The zero-order chi connectivity index (χ0) is 8.39. The smallest absolute Gasteiger partial charge is 0.192 e. The summed E-state index contributed by atoms with van der Waals surface area (Å²) in [6.45, 7) is 0. The van der Waals surface area contributed by atoms with Crippen molar-refractivity contribution in [1.29, 1.82) is 0 Å². The maximum Gasteiger partial charge on any atom is 0.192 e. The van der Waals surface area contributed by atoms with E-state index < -0.39 is 0 Å². The van der Waals surface area contributed by atoms with Crippen LogP contribution in [0.3, 0.4) is 0 Å². The molecule has 0 saturated carbocycles. The fraction of sp³-hybridized carbons (Fsp3) is 0.200. The first kappa shape index (κ1) is 8.10. The normalized spacial score (nSPS) is 14.9. The number of hydrogen-bond donors (Lipinski definition) is 0. The molecule has 0 radical (unpaired) electrons. The molecule has 0 N–H and O–H groups in total. The largest absolute Gasteiger partial charge is 0.432 e. The van der Waals surface area contributed by atoms with Gasteiger partial charge >= 0.3 is 0 Å². The highest BCUT2D eigenvalue weighted by Gasteiger charge is 2.09. The quantitative estimate of drug-likeness (QED) is 0.712. The average molecular weight is 272 g/mol. The third-order valence-corrected chi connectivity index (χ3v) is 2.68. The van der Waals surface area contributed by atoms with Gasteiger partial charge in [-0.25, -0.2) is 0 Å². The monoisotopic (exact) mass is 272 g/mol. The summed E-state index contributed by atoms with van der Waals surface area (Å²) in [5.74, 6) is 1.08. The molecule has 12 heavy (non-hydrogen) atoms. The molecule has 1 aliphatic rings. The van der Waals surface area contributed by atoms with Crippen molar-refractivity contribution in [2.24, 2.45) is 0 Å². The summed E-state index contributed by atoms with van der Waals surface area (Å²) in [4.78, 5) is 0. The molecule has 0 bridgehead atoms. The highest BCUT2D eigenvalue weighted by molar-refractivity contribution is 14.1. The van der Waals surface area contributed by atoms with Crippen LogP contribution in [0.5, 0.6) is 0 Å². The fourth-order valence-corrected chi connectivity index (χ4v) is 1.81. The number of hydrogen-bond acceptors (Lipinski definition) is 1. The van der Waals surface area contributed by atoms with E-state index in [4.69, 9.17) is 3.07 Å². The second-order valence-corrected chi connectivity index (χ2v) is 3.33. The van der Waals surface area contributed by atoms with Crippen molar-refractivity contribution in [1.82, 2.24) is 0 Å². The third-order valence-electron chi connectivity index (χ3n) is 2.11. The third kappa shape index (κ3) is 1.48. The van der Waals surface area contributed by atoms with Gasteiger partial charge in [-0.05, 0) is 23.6 Å². The summed E-state index contributed by atoms with van der Waals surface area (Å²) in [6.07, 6.45) is 4.25. The second-order valence-electron chi connectivity index (χ2n) is 2.89. The van der Waals surface area contributed by atoms with E-state index >= 15 is 0 Å². The molecule has 1 aromatic rings. The molecule has 2 rings (SSSR count). The van der Waals surface area contributed by atoms with Crippen LogP contribution in [0.15, 0.2) is 30.0 Å². The SMILES string of the molecule is IOC1=Cc2ccccc2CC1. The van der Waals surface area contributed by atoms with E-state index in [0.717, 1.165) is 18.6 Å². The van der Waals surface area contributed by atoms with Gasteiger partial charge in [0.2, 0.25) is 0 Å². The minimum atomic E-state index is 1.03. The van der Waals surface area contributed by atoms with Crippen molar-refractivity contribution >= 4 is 29.1 Å². The molecule has 1 aliphatic carbocycles. The molecule has 0 heterocycles. The number of rotatable bonds is 1. The van der Waals surface area contributed by atoms with Crippen LogP contribution in [0.1, 0.15) is 17.5 Å². The van der Waals surface area contributed by atoms with Gasteiger partial charge in [-0.3, -0.25) is 0 Å². The van der Waals surface area contributed by atoms with E-state index in [1.165, 1.54) is 11.1 Å². The lowest BCUT2D eigenvalue weighted by atomic mass is 9.97. The van der Waals surface area contributed by atoms with Gasteiger partial charge in [0.1, 0.15) is 5.76 Å². The number of benzene rings is 1. The second kappa shape index (κ2) is 3.47. The molecule has 0 aromatic heterocycles. The molecule has 0 unspecified atom stereocenters. The van der Waals surface area contributed by atoms with Gasteiger partial charge in [-0.15, -0.1) is 0 Å². The summed E-state index contributed by atoms with van der Waals surface area (Å²) in [5.41, 5.74) is 2.73. The van der Waals surface area contributed by atoms with E-state index in [0.29, 0.717) is 0 Å². The number of fused-ring (bicyclic) bond motifs is 1. The first-order valence-corrected chi connectivity index (χ1v) is 4.85. The van der Waals surface area contributed by atoms with E-state index in [1.54, 1.807) is 0 Å². The molecule has 1 nitrogen and oxygen atoms in total. The lowest BCUT2D eigenvalue weighted by Gasteiger charge is -2.13. The maximum atomic E-state index is 5.18. The minimum Gasteiger partial charge on any atom is -0.432 e. The number of allylic oxidation sites excluding steroid dienone is 1. The molecule has 1 aromatic carbocycles. The van der Waals surface area contributed by atoms with Gasteiger partial charge in [-0.2, -0.15) is 0 Å². The van der Waals surface area contributed by atoms with Gasteiger partial charge in [0.25, 0.3) is 0 Å². The van der Waals surface area contributed by atoms with Crippen LogP contribution in [0.4, 0.5) is 0 Å². The highest BCUT2D eigenvalue weighted by Crippen LogP contribution is 2.25. The van der Waals surface area contributed by atoms with Crippen LogP contribution < -0.4 is 0 Å². The van der Waals surface area contributed by atoms with Crippen LogP contribution in [-0.2, 0) is 9.49 Å². The van der Waals surface area contributed by atoms with Crippen molar-refractivity contribution in [2.45, 2.75) is 12.8 Å². The van der Waals surface area contributed by atoms with Crippen molar-refractivity contribution in [3.05, 3.63) is 41.2 Å². The van der Waals surface area contributed by atoms with E-state index in [9.17, 15) is 0 Å². The van der Waals surface area contributed by atoms with E-state index in [-0.39, 0.29) is 0 Å². The molecule has 0 aliphatic heterocycles. The van der Waals surface area contributed by atoms with Gasteiger partial charge in [0.05, 0.1) is 0 Å².